The van der Waals surface area contributed by atoms with Gasteiger partial charge in [-0.15, -0.1) is 0 Å². The van der Waals surface area contributed by atoms with Crippen molar-refractivity contribution in [2.45, 2.75) is 32.6 Å². The standard InChI is InChI=1S/C14H18FNO3/c1-9-3-2-4-10(5-9)8-19-13-12(14(17)18)6-11(15)7-16-13/h6-7,9-10H,2-5,8H2,1H3,(H,17,18). The van der Waals surface area contributed by atoms with Gasteiger partial charge in [0.15, 0.2) is 0 Å². The van der Waals surface area contributed by atoms with Crippen molar-refractivity contribution in [1.29, 1.82) is 0 Å². The average Bonchev–Trinajstić information content (AvgIpc) is 2.37. The van der Waals surface area contributed by atoms with Gasteiger partial charge in [0, 0.05) is 0 Å². The van der Waals surface area contributed by atoms with Crippen LogP contribution in [0.15, 0.2) is 12.3 Å². The van der Waals surface area contributed by atoms with Crippen molar-refractivity contribution >= 4 is 5.97 Å². The molecule has 0 radical (unpaired) electrons. The summed E-state index contributed by atoms with van der Waals surface area (Å²) in [6.45, 7) is 2.66. The van der Waals surface area contributed by atoms with Crippen LogP contribution in [0, 0.1) is 17.7 Å². The van der Waals surface area contributed by atoms with Crippen molar-refractivity contribution in [3.63, 3.8) is 0 Å². The quantitative estimate of drug-likeness (QED) is 0.910. The Kier molecular flexibility index (Phi) is 4.35. The highest BCUT2D eigenvalue weighted by Gasteiger charge is 2.21. The number of aromatic nitrogens is 1. The minimum Gasteiger partial charge on any atom is -0.477 e. The number of hydrogen-bond acceptors (Lipinski definition) is 3. The average molecular weight is 267 g/mol. The van der Waals surface area contributed by atoms with E-state index in [1.165, 1.54) is 12.8 Å². The first-order valence-electron chi connectivity index (χ1n) is 6.58. The number of halogens is 1. The number of pyridine rings is 1. The molecule has 0 saturated heterocycles. The molecule has 5 heteroatoms. The van der Waals surface area contributed by atoms with Crippen molar-refractivity contribution in [1.82, 2.24) is 4.98 Å². The van der Waals surface area contributed by atoms with E-state index >= 15 is 0 Å². The molecule has 19 heavy (non-hydrogen) atoms. The van der Waals surface area contributed by atoms with Crippen molar-refractivity contribution in [2.75, 3.05) is 6.61 Å². The van der Waals surface area contributed by atoms with Crippen LogP contribution in [0.3, 0.4) is 0 Å². The second-order valence-electron chi connectivity index (χ2n) is 5.26. The number of carboxylic acids is 1. The minimum atomic E-state index is -1.22. The molecule has 2 rings (SSSR count). The maximum atomic E-state index is 13.0. The van der Waals surface area contributed by atoms with Crippen molar-refractivity contribution < 1.29 is 19.0 Å². The van der Waals surface area contributed by atoms with E-state index in [1.807, 2.05) is 0 Å². The molecule has 1 aliphatic rings. The summed E-state index contributed by atoms with van der Waals surface area (Å²) < 4.78 is 18.5. The molecule has 1 aliphatic carbocycles. The number of hydrogen-bond donors (Lipinski definition) is 1. The highest BCUT2D eigenvalue weighted by atomic mass is 19.1. The van der Waals surface area contributed by atoms with Crippen LogP contribution in [0.1, 0.15) is 43.0 Å². The molecule has 0 amide bonds. The molecule has 2 atom stereocenters. The van der Waals surface area contributed by atoms with E-state index in [0.717, 1.165) is 25.1 Å². The topological polar surface area (TPSA) is 59.4 Å². The molecule has 0 spiro atoms. The summed E-state index contributed by atoms with van der Waals surface area (Å²) in [5, 5.41) is 8.98. The summed E-state index contributed by atoms with van der Waals surface area (Å²) in [5.41, 5.74) is -0.219. The van der Waals surface area contributed by atoms with Gasteiger partial charge in [-0.25, -0.2) is 14.2 Å². The van der Waals surface area contributed by atoms with E-state index in [0.29, 0.717) is 18.4 Å². The number of rotatable bonds is 4. The fraction of sp³-hybridized carbons (Fsp3) is 0.571. The van der Waals surface area contributed by atoms with Crippen LogP contribution >= 0.6 is 0 Å². The molecule has 1 N–H and O–H groups in total. The van der Waals surface area contributed by atoms with Gasteiger partial charge in [-0.3, -0.25) is 0 Å². The van der Waals surface area contributed by atoms with Gasteiger partial charge in [-0.2, -0.15) is 0 Å². The number of carboxylic acid groups (broad SMARTS) is 1. The highest BCUT2D eigenvalue weighted by molar-refractivity contribution is 5.90. The largest absolute Gasteiger partial charge is 0.477 e. The zero-order valence-electron chi connectivity index (χ0n) is 10.9. The fourth-order valence-corrected chi connectivity index (χ4v) is 2.60. The third-order valence-corrected chi connectivity index (χ3v) is 3.55. The normalized spacial score (nSPS) is 23.1. The van der Waals surface area contributed by atoms with Gasteiger partial charge in [0.2, 0.25) is 5.88 Å². The van der Waals surface area contributed by atoms with Crippen LogP contribution in [0.2, 0.25) is 0 Å². The molecule has 2 unspecified atom stereocenters. The third-order valence-electron chi connectivity index (χ3n) is 3.55. The van der Waals surface area contributed by atoms with Gasteiger partial charge in [-0.1, -0.05) is 19.8 Å². The second kappa shape index (κ2) is 5.99. The number of nitrogens with zero attached hydrogens (tertiary/aromatic N) is 1. The van der Waals surface area contributed by atoms with Crippen LogP contribution in [0.25, 0.3) is 0 Å². The van der Waals surface area contributed by atoms with Crippen molar-refractivity contribution in [2.24, 2.45) is 11.8 Å². The van der Waals surface area contributed by atoms with Crippen LogP contribution in [-0.2, 0) is 0 Å². The molecular formula is C14H18FNO3. The van der Waals surface area contributed by atoms with Gasteiger partial charge in [-0.05, 0) is 30.7 Å². The monoisotopic (exact) mass is 267 g/mol. The first kappa shape index (κ1) is 13.8. The lowest BCUT2D eigenvalue weighted by Gasteiger charge is -2.26. The van der Waals surface area contributed by atoms with Crippen molar-refractivity contribution in [3.05, 3.63) is 23.6 Å². The number of carbonyl (C=O) groups is 1. The predicted octanol–water partition coefficient (Wildman–Crippen LogP) is 3.12. The molecule has 0 aromatic carbocycles. The molecule has 1 heterocycles. The molecule has 4 nitrogen and oxygen atoms in total. The molecule has 1 aromatic rings. The van der Waals surface area contributed by atoms with E-state index in [1.54, 1.807) is 0 Å². The Morgan fingerprint density at radius 3 is 3.05 bits per heavy atom. The van der Waals surface area contributed by atoms with Crippen molar-refractivity contribution in [3.8, 4) is 5.88 Å². The van der Waals surface area contributed by atoms with Crippen LogP contribution in [0.5, 0.6) is 5.88 Å². The SMILES string of the molecule is CC1CCCC(COc2ncc(F)cc2C(=O)O)C1. The lowest BCUT2D eigenvalue weighted by molar-refractivity contribution is 0.0688. The fourth-order valence-electron chi connectivity index (χ4n) is 2.60. The highest BCUT2D eigenvalue weighted by Crippen LogP contribution is 2.29. The minimum absolute atomic E-state index is 0.00660. The second-order valence-corrected chi connectivity index (χ2v) is 5.26. The Morgan fingerprint density at radius 2 is 2.37 bits per heavy atom. The Bertz CT molecular complexity index is 464. The van der Waals surface area contributed by atoms with Gasteiger partial charge >= 0.3 is 5.97 Å². The lowest BCUT2D eigenvalue weighted by atomic mass is 9.83. The maximum absolute atomic E-state index is 13.0. The molecule has 1 fully saturated rings. The Hall–Kier alpha value is -1.65. The zero-order chi connectivity index (χ0) is 13.8. The van der Waals surface area contributed by atoms with E-state index in [9.17, 15) is 9.18 Å². The molecule has 0 bridgehead atoms. The van der Waals surface area contributed by atoms with E-state index in [2.05, 4.69) is 11.9 Å². The maximum Gasteiger partial charge on any atom is 0.341 e. The van der Waals surface area contributed by atoms with E-state index < -0.39 is 11.8 Å². The Labute approximate surface area is 111 Å². The van der Waals surface area contributed by atoms with Gasteiger partial charge < -0.3 is 9.84 Å². The van der Waals surface area contributed by atoms with E-state index in [4.69, 9.17) is 9.84 Å². The lowest BCUT2D eigenvalue weighted by Crippen LogP contribution is -2.20. The zero-order valence-corrected chi connectivity index (χ0v) is 10.9. The third kappa shape index (κ3) is 3.66. The summed E-state index contributed by atoms with van der Waals surface area (Å²) in [6, 6.07) is 0.939. The summed E-state index contributed by atoms with van der Waals surface area (Å²) >= 11 is 0. The summed E-state index contributed by atoms with van der Waals surface area (Å²) in [6.07, 6.45) is 5.58. The first-order valence-corrected chi connectivity index (χ1v) is 6.58. The molecule has 1 aromatic heterocycles. The van der Waals surface area contributed by atoms with Gasteiger partial charge in [0.05, 0.1) is 12.8 Å². The Balaban J connectivity index is 2.01. The predicted molar refractivity (Wildman–Crippen MR) is 67.8 cm³/mol. The smallest absolute Gasteiger partial charge is 0.341 e. The van der Waals surface area contributed by atoms with Gasteiger partial charge in [0.25, 0.3) is 0 Å². The van der Waals surface area contributed by atoms with Gasteiger partial charge in [0.1, 0.15) is 11.4 Å². The molecule has 104 valence electrons. The number of aromatic carboxylic acids is 1. The summed E-state index contributed by atoms with van der Waals surface area (Å²) in [7, 11) is 0. The van der Waals surface area contributed by atoms with Crippen LogP contribution in [-0.4, -0.2) is 22.7 Å². The molecular weight excluding hydrogens is 249 g/mol. The van der Waals surface area contributed by atoms with E-state index in [-0.39, 0.29) is 11.4 Å². The first-order chi connectivity index (χ1) is 9.06. The summed E-state index contributed by atoms with van der Waals surface area (Å²) in [5.74, 6) is -0.776. The molecule has 1 saturated carbocycles. The summed E-state index contributed by atoms with van der Waals surface area (Å²) in [4.78, 5) is 14.7. The Morgan fingerprint density at radius 1 is 1.58 bits per heavy atom. The number of ether oxygens (including phenoxy) is 1. The molecule has 0 aliphatic heterocycles. The van der Waals surface area contributed by atoms with Crippen LogP contribution < -0.4 is 4.74 Å². The van der Waals surface area contributed by atoms with Crippen LogP contribution in [0.4, 0.5) is 4.39 Å².